The molecule has 3 aromatic carbocycles. The van der Waals surface area contributed by atoms with Crippen molar-refractivity contribution in [1.82, 2.24) is 4.90 Å². The van der Waals surface area contributed by atoms with E-state index in [1.807, 2.05) is 74.5 Å². The zero-order valence-electron chi connectivity index (χ0n) is 19.8. The van der Waals surface area contributed by atoms with Crippen molar-refractivity contribution < 1.29 is 19.1 Å². The van der Waals surface area contributed by atoms with E-state index >= 15 is 0 Å². The number of benzene rings is 3. The molecule has 0 spiro atoms. The van der Waals surface area contributed by atoms with E-state index in [2.05, 4.69) is 5.32 Å². The molecule has 1 heterocycles. The molecule has 1 aliphatic heterocycles. The third-order valence-electron chi connectivity index (χ3n) is 6.09. The third kappa shape index (κ3) is 4.66. The van der Waals surface area contributed by atoms with E-state index in [1.54, 1.807) is 20.3 Å². The second kappa shape index (κ2) is 9.83. The van der Waals surface area contributed by atoms with Crippen LogP contribution in [0.3, 0.4) is 0 Å². The van der Waals surface area contributed by atoms with Crippen LogP contribution in [0.4, 0.5) is 5.69 Å². The highest BCUT2D eigenvalue weighted by atomic mass is 16.5. The molecular formula is C28H28N2O4. The number of nitrogens with one attached hydrogen (secondary N) is 1. The van der Waals surface area contributed by atoms with Gasteiger partial charge in [0.15, 0.2) is 0 Å². The first kappa shape index (κ1) is 23.1. The lowest BCUT2D eigenvalue weighted by Crippen LogP contribution is -2.34. The average molecular weight is 457 g/mol. The van der Waals surface area contributed by atoms with Gasteiger partial charge in [0.1, 0.15) is 17.2 Å². The summed E-state index contributed by atoms with van der Waals surface area (Å²) < 4.78 is 10.5. The second-order valence-corrected chi connectivity index (χ2v) is 8.27. The number of methoxy groups -OCH3 is 2. The number of nitrogens with zero attached hydrogens (tertiary/aromatic N) is 1. The number of amides is 2. The highest BCUT2D eigenvalue weighted by Crippen LogP contribution is 2.32. The van der Waals surface area contributed by atoms with E-state index in [0.717, 1.165) is 28.0 Å². The van der Waals surface area contributed by atoms with Crippen LogP contribution < -0.4 is 14.8 Å². The molecule has 6 nitrogen and oxygen atoms in total. The predicted octanol–water partition coefficient (Wildman–Crippen LogP) is 4.76. The Morgan fingerprint density at radius 1 is 0.794 bits per heavy atom. The molecule has 2 amide bonds. The van der Waals surface area contributed by atoms with Crippen LogP contribution in [0.2, 0.25) is 0 Å². The molecule has 0 aliphatic carbocycles. The fourth-order valence-corrected chi connectivity index (χ4v) is 3.94. The minimum Gasteiger partial charge on any atom is -0.497 e. The molecule has 0 fully saturated rings. The molecule has 0 bridgehead atoms. The van der Waals surface area contributed by atoms with Crippen LogP contribution in [0.15, 0.2) is 72.4 Å². The molecule has 0 radical (unpaired) electrons. The minimum absolute atomic E-state index is 0.274. The topological polar surface area (TPSA) is 67.9 Å². The molecule has 0 saturated carbocycles. The summed E-state index contributed by atoms with van der Waals surface area (Å²) in [6, 6.07) is 20.7. The summed E-state index contributed by atoms with van der Waals surface area (Å²) in [4.78, 5) is 28.3. The number of ether oxygens (including phenoxy) is 2. The van der Waals surface area contributed by atoms with E-state index in [1.165, 1.54) is 4.90 Å². The zero-order valence-corrected chi connectivity index (χ0v) is 19.8. The lowest BCUT2D eigenvalue weighted by molar-refractivity contribution is -0.136. The van der Waals surface area contributed by atoms with Crippen molar-refractivity contribution in [3.05, 3.63) is 94.7 Å². The maximum Gasteiger partial charge on any atom is 0.278 e. The monoisotopic (exact) mass is 456 g/mol. The second-order valence-electron chi connectivity index (χ2n) is 8.27. The summed E-state index contributed by atoms with van der Waals surface area (Å²) in [5.74, 6) is 0.786. The SMILES string of the molecule is COc1ccc(CCN2C(=O)C(Nc3cccc(OC)c3)=C(c3ccc(C)c(C)c3)C2=O)cc1. The predicted molar refractivity (Wildman–Crippen MR) is 133 cm³/mol. The van der Waals surface area contributed by atoms with Gasteiger partial charge >= 0.3 is 0 Å². The van der Waals surface area contributed by atoms with Crippen molar-refractivity contribution in [2.45, 2.75) is 20.3 Å². The molecule has 0 saturated heterocycles. The number of imide groups is 1. The first-order valence-electron chi connectivity index (χ1n) is 11.1. The fourth-order valence-electron chi connectivity index (χ4n) is 3.94. The van der Waals surface area contributed by atoms with E-state index in [9.17, 15) is 9.59 Å². The fraction of sp³-hybridized carbons (Fsp3) is 0.214. The molecular weight excluding hydrogens is 428 g/mol. The summed E-state index contributed by atoms with van der Waals surface area (Å²) in [7, 11) is 3.21. The van der Waals surface area contributed by atoms with Crippen LogP contribution in [0.1, 0.15) is 22.3 Å². The quantitative estimate of drug-likeness (QED) is 0.495. The van der Waals surface area contributed by atoms with Crippen molar-refractivity contribution in [1.29, 1.82) is 0 Å². The lowest BCUT2D eigenvalue weighted by atomic mass is 9.99. The van der Waals surface area contributed by atoms with Crippen LogP contribution in [-0.2, 0) is 16.0 Å². The highest BCUT2D eigenvalue weighted by molar-refractivity contribution is 6.36. The lowest BCUT2D eigenvalue weighted by Gasteiger charge is -2.15. The summed E-state index contributed by atoms with van der Waals surface area (Å²) >= 11 is 0. The Labute approximate surface area is 199 Å². The van der Waals surface area contributed by atoms with Gasteiger partial charge in [0.05, 0.1) is 19.8 Å². The summed E-state index contributed by atoms with van der Waals surface area (Å²) in [5, 5.41) is 3.19. The number of carbonyl (C=O) groups is 2. The van der Waals surface area contributed by atoms with Crippen molar-refractivity contribution >= 4 is 23.1 Å². The Hall–Kier alpha value is -4.06. The smallest absolute Gasteiger partial charge is 0.278 e. The first-order chi connectivity index (χ1) is 16.4. The Morgan fingerprint density at radius 2 is 1.53 bits per heavy atom. The summed E-state index contributed by atoms with van der Waals surface area (Å²) in [6.45, 7) is 4.30. The molecule has 0 aromatic heterocycles. The van der Waals surface area contributed by atoms with Gasteiger partial charge in [-0.3, -0.25) is 14.5 Å². The Bertz CT molecular complexity index is 1260. The number of rotatable bonds is 8. The molecule has 174 valence electrons. The first-order valence-corrected chi connectivity index (χ1v) is 11.1. The maximum atomic E-state index is 13.5. The normalized spacial score (nSPS) is 13.5. The van der Waals surface area contributed by atoms with Gasteiger partial charge in [0, 0.05) is 18.3 Å². The molecule has 0 unspecified atom stereocenters. The van der Waals surface area contributed by atoms with Crippen LogP contribution in [-0.4, -0.2) is 37.5 Å². The van der Waals surface area contributed by atoms with Crippen LogP contribution >= 0.6 is 0 Å². The van der Waals surface area contributed by atoms with Gasteiger partial charge in [-0.2, -0.15) is 0 Å². The van der Waals surface area contributed by atoms with Gasteiger partial charge in [0.2, 0.25) is 0 Å². The standard InChI is InChI=1S/C28H28N2O4/c1-18-8-11-21(16-19(18)2)25-26(29-22-6-5-7-24(17-22)34-4)28(32)30(27(25)31)15-14-20-9-12-23(33-3)13-10-20/h5-13,16-17,29H,14-15H2,1-4H3. The molecule has 1 N–H and O–H groups in total. The molecule has 3 aromatic rings. The van der Waals surface area contributed by atoms with Crippen LogP contribution in [0.5, 0.6) is 11.5 Å². The Balaban J connectivity index is 1.66. The zero-order chi connectivity index (χ0) is 24.2. The molecule has 34 heavy (non-hydrogen) atoms. The van der Waals surface area contributed by atoms with E-state index in [0.29, 0.717) is 23.4 Å². The highest BCUT2D eigenvalue weighted by Gasteiger charge is 2.39. The van der Waals surface area contributed by atoms with Gasteiger partial charge in [-0.1, -0.05) is 36.4 Å². The molecule has 4 rings (SSSR count). The van der Waals surface area contributed by atoms with Gasteiger partial charge in [-0.25, -0.2) is 0 Å². The largest absolute Gasteiger partial charge is 0.497 e. The van der Waals surface area contributed by atoms with E-state index < -0.39 is 0 Å². The van der Waals surface area contributed by atoms with Gasteiger partial charge in [0.25, 0.3) is 11.8 Å². The molecule has 0 atom stereocenters. The van der Waals surface area contributed by atoms with Crippen LogP contribution in [0, 0.1) is 13.8 Å². The summed E-state index contributed by atoms with van der Waals surface area (Å²) in [5.41, 5.74) is 5.25. The average Bonchev–Trinajstić information content (AvgIpc) is 3.08. The van der Waals surface area contributed by atoms with Gasteiger partial charge in [-0.15, -0.1) is 0 Å². The number of carbonyl (C=O) groups excluding carboxylic acids is 2. The van der Waals surface area contributed by atoms with E-state index in [4.69, 9.17) is 9.47 Å². The molecule has 6 heteroatoms. The number of hydrogen-bond acceptors (Lipinski definition) is 5. The van der Waals surface area contributed by atoms with Crippen molar-refractivity contribution in [3.63, 3.8) is 0 Å². The third-order valence-corrected chi connectivity index (χ3v) is 6.09. The van der Waals surface area contributed by atoms with Crippen molar-refractivity contribution in [3.8, 4) is 11.5 Å². The minimum atomic E-state index is -0.338. The van der Waals surface area contributed by atoms with Gasteiger partial charge < -0.3 is 14.8 Å². The van der Waals surface area contributed by atoms with E-state index in [-0.39, 0.29) is 24.1 Å². The number of hydrogen-bond donors (Lipinski definition) is 1. The molecule has 1 aliphatic rings. The van der Waals surface area contributed by atoms with Gasteiger partial charge in [-0.05, 0) is 66.8 Å². The number of anilines is 1. The Morgan fingerprint density at radius 3 is 2.21 bits per heavy atom. The van der Waals surface area contributed by atoms with Crippen molar-refractivity contribution in [2.75, 3.05) is 26.1 Å². The van der Waals surface area contributed by atoms with Crippen molar-refractivity contribution in [2.24, 2.45) is 0 Å². The Kier molecular flexibility index (Phi) is 6.68. The maximum absolute atomic E-state index is 13.5. The van der Waals surface area contributed by atoms with Crippen LogP contribution in [0.25, 0.3) is 5.57 Å². The number of aryl methyl sites for hydroxylation is 2. The summed E-state index contributed by atoms with van der Waals surface area (Å²) in [6.07, 6.45) is 0.550.